The monoisotopic (exact) mass is 387 g/mol. The number of benzene rings is 1. The normalized spacial score (nSPS) is 12.0. The minimum atomic E-state index is -4.79. The molecule has 1 N–H and O–H groups in total. The number of aliphatic carboxylic acids is 1. The van der Waals surface area contributed by atoms with E-state index >= 15 is 0 Å². The van der Waals surface area contributed by atoms with Crippen LogP contribution in [0.15, 0.2) is 54.4 Å². The summed E-state index contributed by atoms with van der Waals surface area (Å²) < 4.78 is 42.8. The van der Waals surface area contributed by atoms with Gasteiger partial charge in [-0.25, -0.2) is 9.78 Å². The molecular formula is C19H12F3N3O3. The van der Waals surface area contributed by atoms with Crippen LogP contribution in [0, 0.1) is 11.3 Å². The number of rotatable bonds is 5. The second kappa shape index (κ2) is 7.44. The van der Waals surface area contributed by atoms with Crippen molar-refractivity contribution in [3.8, 4) is 11.8 Å². The third kappa shape index (κ3) is 4.29. The highest BCUT2D eigenvalue weighted by atomic mass is 19.4. The van der Waals surface area contributed by atoms with E-state index in [1.807, 2.05) is 0 Å². The molecule has 0 fully saturated rings. The lowest BCUT2D eigenvalue weighted by Crippen LogP contribution is -2.17. The highest BCUT2D eigenvalue weighted by Gasteiger charge is 2.31. The van der Waals surface area contributed by atoms with Crippen LogP contribution in [0.5, 0.6) is 5.75 Å². The van der Waals surface area contributed by atoms with Gasteiger partial charge in [-0.2, -0.15) is 5.26 Å². The number of carbonyl (C=O) groups is 1. The number of aromatic nitrogens is 2. The molecule has 6 nitrogen and oxygen atoms in total. The van der Waals surface area contributed by atoms with Gasteiger partial charge in [0, 0.05) is 29.9 Å². The van der Waals surface area contributed by atoms with E-state index in [4.69, 9.17) is 10.4 Å². The molecule has 0 saturated carbocycles. The Labute approximate surface area is 156 Å². The molecule has 0 spiro atoms. The number of nitriles is 1. The Balaban J connectivity index is 2.00. The zero-order valence-corrected chi connectivity index (χ0v) is 14.1. The Morgan fingerprint density at radius 2 is 2.11 bits per heavy atom. The lowest BCUT2D eigenvalue weighted by atomic mass is 10.1. The van der Waals surface area contributed by atoms with Crippen molar-refractivity contribution in [3.63, 3.8) is 0 Å². The van der Waals surface area contributed by atoms with Gasteiger partial charge in [-0.15, -0.1) is 13.2 Å². The van der Waals surface area contributed by atoms with Gasteiger partial charge in [0.15, 0.2) is 0 Å². The first-order valence-electron chi connectivity index (χ1n) is 7.90. The smallest absolute Gasteiger partial charge is 0.477 e. The fraction of sp³-hybridized carbons (Fsp3) is 0.105. The average molecular weight is 387 g/mol. The standard InChI is InChI=1S/C19H12F3N3O3/c20-19(21,22)28-15-4-1-3-12(7-15)10-25-11-14(8-13(9-23)18(26)27)16-5-2-6-24-17(16)25/h1-8,11H,10H2,(H,26,27)/b13-8+. The quantitative estimate of drug-likeness (QED) is 0.529. The molecule has 3 rings (SSSR count). The number of alkyl halides is 3. The topological polar surface area (TPSA) is 88.1 Å². The minimum Gasteiger partial charge on any atom is -0.477 e. The molecule has 0 radical (unpaired) electrons. The van der Waals surface area contributed by atoms with E-state index in [0.29, 0.717) is 22.2 Å². The van der Waals surface area contributed by atoms with Crippen molar-refractivity contribution in [2.24, 2.45) is 0 Å². The third-order valence-electron chi connectivity index (χ3n) is 3.80. The number of carboxylic acids is 1. The number of halogens is 3. The summed E-state index contributed by atoms with van der Waals surface area (Å²) in [5, 5.41) is 18.6. The predicted molar refractivity (Wildman–Crippen MR) is 93.2 cm³/mol. The fourth-order valence-corrected chi connectivity index (χ4v) is 2.72. The molecule has 0 aliphatic carbocycles. The summed E-state index contributed by atoms with van der Waals surface area (Å²) in [4.78, 5) is 15.4. The second-order valence-electron chi connectivity index (χ2n) is 5.76. The number of nitrogens with zero attached hydrogens (tertiary/aromatic N) is 3. The van der Waals surface area contributed by atoms with Crippen LogP contribution in [0.25, 0.3) is 17.1 Å². The molecule has 0 saturated heterocycles. The van der Waals surface area contributed by atoms with Gasteiger partial charge in [0.05, 0.1) is 0 Å². The number of hydrogen-bond donors (Lipinski definition) is 1. The van der Waals surface area contributed by atoms with Crippen molar-refractivity contribution >= 4 is 23.1 Å². The number of pyridine rings is 1. The number of fused-ring (bicyclic) bond motifs is 1. The molecular weight excluding hydrogens is 375 g/mol. The molecule has 1 aromatic carbocycles. The van der Waals surface area contributed by atoms with E-state index in [1.165, 1.54) is 30.5 Å². The number of ether oxygens (including phenoxy) is 1. The van der Waals surface area contributed by atoms with Gasteiger partial charge in [0.25, 0.3) is 0 Å². The van der Waals surface area contributed by atoms with Gasteiger partial charge in [0.1, 0.15) is 23.0 Å². The fourth-order valence-electron chi connectivity index (χ4n) is 2.72. The molecule has 0 bridgehead atoms. The van der Waals surface area contributed by atoms with Gasteiger partial charge in [-0.05, 0) is 35.9 Å². The molecule has 2 heterocycles. The maximum Gasteiger partial charge on any atom is 0.573 e. The Morgan fingerprint density at radius 1 is 1.32 bits per heavy atom. The highest BCUT2D eigenvalue weighted by Crippen LogP contribution is 2.26. The first-order valence-corrected chi connectivity index (χ1v) is 7.90. The van der Waals surface area contributed by atoms with Gasteiger partial charge in [0.2, 0.25) is 0 Å². The largest absolute Gasteiger partial charge is 0.573 e. The molecule has 0 atom stereocenters. The summed E-state index contributed by atoms with van der Waals surface area (Å²) in [5.74, 6) is -1.70. The summed E-state index contributed by atoms with van der Waals surface area (Å²) >= 11 is 0. The summed E-state index contributed by atoms with van der Waals surface area (Å²) in [6.07, 6.45) is -0.429. The van der Waals surface area contributed by atoms with Crippen LogP contribution in [0.3, 0.4) is 0 Å². The lowest BCUT2D eigenvalue weighted by Gasteiger charge is -2.10. The zero-order chi connectivity index (χ0) is 20.3. The maximum atomic E-state index is 12.4. The van der Waals surface area contributed by atoms with Gasteiger partial charge < -0.3 is 14.4 Å². The first-order chi connectivity index (χ1) is 13.3. The Kier molecular flexibility index (Phi) is 5.04. The molecule has 9 heteroatoms. The Bertz CT molecular complexity index is 1110. The summed E-state index contributed by atoms with van der Waals surface area (Å²) in [6.45, 7) is 0.172. The predicted octanol–water partition coefficient (Wildman–Crippen LogP) is 3.97. The van der Waals surface area contributed by atoms with Crippen LogP contribution in [-0.2, 0) is 11.3 Å². The molecule has 0 amide bonds. The number of hydrogen-bond acceptors (Lipinski definition) is 4. The second-order valence-corrected chi connectivity index (χ2v) is 5.76. The van der Waals surface area contributed by atoms with E-state index in [9.17, 15) is 18.0 Å². The maximum absolute atomic E-state index is 12.4. The summed E-state index contributed by atoms with van der Waals surface area (Å²) in [6, 6.07) is 10.5. The Hall–Kier alpha value is -3.80. The van der Waals surface area contributed by atoms with E-state index in [2.05, 4.69) is 9.72 Å². The van der Waals surface area contributed by atoms with Crippen LogP contribution >= 0.6 is 0 Å². The molecule has 2 aromatic heterocycles. The molecule has 28 heavy (non-hydrogen) atoms. The van der Waals surface area contributed by atoms with Crippen molar-refractivity contribution in [2.75, 3.05) is 0 Å². The van der Waals surface area contributed by atoms with Gasteiger partial charge >= 0.3 is 12.3 Å². The van der Waals surface area contributed by atoms with Crippen molar-refractivity contribution in [3.05, 3.63) is 65.5 Å². The van der Waals surface area contributed by atoms with Crippen LogP contribution in [0.2, 0.25) is 0 Å². The summed E-state index contributed by atoms with van der Waals surface area (Å²) in [7, 11) is 0. The lowest BCUT2D eigenvalue weighted by molar-refractivity contribution is -0.274. The van der Waals surface area contributed by atoms with E-state index in [0.717, 1.165) is 0 Å². The molecule has 0 aliphatic rings. The molecule has 0 aliphatic heterocycles. The Morgan fingerprint density at radius 3 is 2.79 bits per heavy atom. The van der Waals surface area contributed by atoms with Crippen molar-refractivity contribution in [1.82, 2.24) is 9.55 Å². The van der Waals surface area contributed by atoms with Crippen molar-refractivity contribution in [2.45, 2.75) is 12.9 Å². The van der Waals surface area contributed by atoms with Crippen molar-refractivity contribution < 1.29 is 27.8 Å². The SMILES string of the molecule is N#C/C(=C\c1cn(Cc2cccc(OC(F)(F)F)c2)c2ncccc12)C(=O)O. The minimum absolute atomic E-state index is 0.172. The number of carboxylic acid groups (broad SMARTS) is 1. The molecule has 142 valence electrons. The van der Waals surface area contributed by atoms with E-state index in [1.54, 1.807) is 35.0 Å². The average Bonchev–Trinajstić information content (AvgIpc) is 2.96. The summed E-state index contributed by atoms with van der Waals surface area (Å²) in [5.41, 5.74) is 1.05. The first kappa shape index (κ1) is 19.0. The van der Waals surface area contributed by atoms with Crippen LogP contribution in [-0.4, -0.2) is 27.0 Å². The molecule has 0 unspecified atom stereocenters. The van der Waals surface area contributed by atoms with Crippen molar-refractivity contribution in [1.29, 1.82) is 5.26 Å². The third-order valence-corrected chi connectivity index (χ3v) is 3.80. The highest BCUT2D eigenvalue weighted by molar-refractivity contribution is 5.99. The van der Waals surface area contributed by atoms with Gasteiger partial charge in [-0.1, -0.05) is 12.1 Å². The van der Waals surface area contributed by atoms with Crippen LogP contribution < -0.4 is 4.74 Å². The zero-order valence-electron chi connectivity index (χ0n) is 14.1. The van der Waals surface area contributed by atoms with Crippen LogP contribution in [0.1, 0.15) is 11.1 Å². The molecule has 3 aromatic rings. The van der Waals surface area contributed by atoms with E-state index in [-0.39, 0.29) is 12.3 Å². The van der Waals surface area contributed by atoms with Crippen LogP contribution in [0.4, 0.5) is 13.2 Å². The van der Waals surface area contributed by atoms with Gasteiger partial charge in [-0.3, -0.25) is 0 Å². The van der Waals surface area contributed by atoms with E-state index < -0.39 is 17.9 Å².